The van der Waals surface area contributed by atoms with Crippen molar-refractivity contribution in [3.8, 4) is 21.0 Å². The van der Waals surface area contributed by atoms with Crippen LogP contribution < -0.4 is 11.1 Å². The number of aryl methyl sites for hydroxylation is 1. The molecule has 0 bridgehead atoms. The van der Waals surface area contributed by atoms with Gasteiger partial charge in [0.2, 0.25) is 0 Å². The minimum absolute atomic E-state index is 0.256. The van der Waals surface area contributed by atoms with E-state index in [9.17, 15) is 4.79 Å². The Morgan fingerprint density at radius 3 is 2.54 bits per heavy atom. The maximum Gasteiger partial charge on any atom is 0.255 e. The Hall–Kier alpha value is -4.33. The monoisotopic (exact) mass is 518 g/mol. The highest BCUT2D eigenvalue weighted by atomic mass is 32.1. The molecule has 0 fully saturated rings. The Bertz CT molecular complexity index is 1780. The van der Waals surface area contributed by atoms with Crippen molar-refractivity contribution in [1.82, 2.24) is 4.98 Å². The second-order valence-electron chi connectivity index (χ2n) is 8.84. The molecule has 0 atom stereocenters. The van der Waals surface area contributed by atoms with Crippen LogP contribution in [-0.2, 0) is 0 Å². The van der Waals surface area contributed by atoms with Crippen molar-refractivity contribution in [3.63, 3.8) is 0 Å². The summed E-state index contributed by atoms with van der Waals surface area (Å²) >= 11 is 3.27. The lowest BCUT2D eigenvalue weighted by Crippen LogP contribution is -2.13. The number of nitrogens with one attached hydrogen (secondary N) is 2. The van der Waals surface area contributed by atoms with Crippen molar-refractivity contribution in [2.45, 2.75) is 6.92 Å². The van der Waals surface area contributed by atoms with Gasteiger partial charge < -0.3 is 16.5 Å². The smallest absolute Gasteiger partial charge is 0.255 e. The van der Waals surface area contributed by atoms with Crippen LogP contribution in [0.2, 0.25) is 0 Å². The first-order valence-electron chi connectivity index (χ1n) is 11.7. The fraction of sp³-hybridized carbons (Fsp3) is 0.0333. The van der Waals surface area contributed by atoms with Gasteiger partial charge in [-0.2, -0.15) is 0 Å². The quantitative estimate of drug-likeness (QED) is 0.160. The van der Waals surface area contributed by atoms with E-state index in [-0.39, 0.29) is 5.91 Å². The van der Waals surface area contributed by atoms with Gasteiger partial charge >= 0.3 is 0 Å². The van der Waals surface area contributed by atoms with E-state index in [1.54, 1.807) is 34.8 Å². The molecule has 4 N–H and O–H groups in total. The van der Waals surface area contributed by atoms with Crippen molar-refractivity contribution in [3.05, 3.63) is 102 Å². The Balaban J connectivity index is 1.28. The van der Waals surface area contributed by atoms with E-state index < -0.39 is 0 Å². The molecular formula is C30H22N4OS2. The lowest BCUT2D eigenvalue weighted by Gasteiger charge is -2.11. The minimum atomic E-state index is -0.256. The Morgan fingerprint density at radius 2 is 1.76 bits per heavy atom. The first-order chi connectivity index (χ1) is 18.0. The molecule has 7 heteroatoms. The molecule has 0 aliphatic rings. The number of benzene rings is 4. The third-order valence-electron chi connectivity index (χ3n) is 6.25. The number of nitrogens with zero attached hydrogens (tertiary/aromatic N) is 1. The summed E-state index contributed by atoms with van der Waals surface area (Å²) in [5.74, 6) is -0.256. The highest BCUT2D eigenvalue weighted by molar-refractivity contribution is 7.22. The van der Waals surface area contributed by atoms with E-state index in [1.165, 1.54) is 11.8 Å². The average molecular weight is 519 g/mol. The van der Waals surface area contributed by atoms with Gasteiger partial charge in [-0.05, 0) is 78.5 Å². The second-order valence-corrected chi connectivity index (χ2v) is 11.0. The average Bonchev–Trinajstić information content (AvgIpc) is 3.53. The molecule has 2 aromatic heterocycles. The number of carbonyl (C=O) groups excluding carboxylic acids is 1. The number of carbonyl (C=O) groups is 1. The van der Waals surface area contributed by atoms with Crippen LogP contribution in [0.3, 0.4) is 0 Å². The largest absolute Gasteiger partial charge is 0.398 e. The van der Waals surface area contributed by atoms with Gasteiger partial charge in [-0.15, -0.1) is 22.7 Å². The van der Waals surface area contributed by atoms with E-state index in [2.05, 4.69) is 42.6 Å². The van der Waals surface area contributed by atoms with Crippen LogP contribution in [0.1, 0.15) is 21.5 Å². The molecular weight excluding hydrogens is 496 g/mol. The summed E-state index contributed by atoms with van der Waals surface area (Å²) in [6, 6.07) is 27.6. The lowest BCUT2D eigenvalue weighted by molar-refractivity contribution is 0.102. The number of thiophene rings is 1. The first-order valence-corrected chi connectivity index (χ1v) is 13.3. The maximum absolute atomic E-state index is 13.2. The van der Waals surface area contributed by atoms with Crippen LogP contribution >= 0.6 is 22.7 Å². The van der Waals surface area contributed by atoms with E-state index >= 15 is 0 Å². The number of nitrogens with two attached hydrogens (primary N) is 1. The maximum atomic E-state index is 13.2. The standard InChI is InChI=1S/C30H22N4OS2/c1-17-6-11-24-27(12-17)37-30(34-24)18-7-9-22(10-8-18)33-29(35)20-13-21(16-31)28(32)23(14-20)26-15-19-4-2-3-5-25(19)36-26/h2-16,31H,32H2,1H3,(H,33,35). The van der Waals surface area contributed by atoms with Gasteiger partial charge in [0.25, 0.3) is 5.91 Å². The lowest BCUT2D eigenvalue weighted by atomic mass is 10.0. The SMILES string of the molecule is Cc1ccc2nc(-c3ccc(NC(=O)c4cc(C=N)c(N)c(-c5cc6ccccc6s5)c4)cc3)sc2c1. The van der Waals surface area contributed by atoms with Crippen molar-refractivity contribution in [2.24, 2.45) is 0 Å². The number of hydrogen-bond acceptors (Lipinski definition) is 6. The number of fused-ring (bicyclic) bond motifs is 2. The van der Waals surface area contributed by atoms with Crippen molar-refractivity contribution in [2.75, 3.05) is 11.1 Å². The molecule has 0 aliphatic carbocycles. The van der Waals surface area contributed by atoms with Gasteiger partial charge in [-0.3, -0.25) is 4.79 Å². The van der Waals surface area contributed by atoms with Gasteiger partial charge in [0.05, 0.1) is 10.2 Å². The molecule has 0 spiro atoms. The fourth-order valence-electron chi connectivity index (χ4n) is 4.30. The predicted molar refractivity (Wildman–Crippen MR) is 157 cm³/mol. The summed E-state index contributed by atoms with van der Waals surface area (Å²) in [6.07, 6.45) is 1.19. The Labute approximate surface area is 221 Å². The molecule has 180 valence electrons. The molecule has 2 heterocycles. The summed E-state index contributed by atoms with van der Waals surface area (Å²) < 4.78 is 2.30. The predicted octanol–water partition coefficient (Wildman–Crippen LogP) is 7.99. The zero-order valence-corrected chi connectivity index (χ0v) is 21.5. The number of rotatable bonds is 5. The normalized spacial score (nSPS) is 11.2. The summed E-state index contributed by atoms with van der Waals surface area (Å²) in [6.45, 7) is 2.08. The number of hydrogen-bond donors (Lipinski definition) is 3. The molecule has 0 unspecified atom stereocenters. The van der Waals surface area contributed by atoms with Crippen LogP contribution in [0.5, 0.6) is 0 Å². The van der Waals surface area contributed by atoms with Crippen LogP contribution in [0.25, 0.3) is 41.3 Å². The van der Waals surface area contributed by atoms with E-state index in [4.69, 9.17) is 16.1 Å². The van der Waals surface area contributed by atoms with Crippen molar-refractivity contribution in [1.29, 1.82) is 5.41 Å². The second kappa shape index (κ2) is 9.28. The van der Waals surface area contributed by atoms with Crippen LogP contribution in [0.4, 0.5) is 11.4 Å². The van der Waals surface area contributed by atoms with Gasteiger partial charge in [0.1, 0.15) is 5.01 Å². The number of aromatic nitrogens is 1. The summed E-state index contributed by atoms with van der Waals surface area (Å²) in [5, 5.41) is 12.9. The molecule has 0 aliphatic heterocycles. The van der Waals surface area contributed by atoms with Crippen LogP contribution in [0.15, 0.2) is 84.9 Å². The molecule has 0 saturated heterocycles. The number of anilines is 2. The third kappa shape index (κ3) is 4.39. The number of nitrogen functional groups attached to an aromatic ring is 1. The third-order valence-corrected chi connectivity index (χ3v) is 8.47. The van der Waals surface area contributed by atoms with Crippen LogP contribution in [0, 0.1) is 12.3 Å². The van der Waals surface area contributed by atoms with E-state index in [0.717, 1.165) is 41.3 Å². The first kappa shape index (κ1) is 23.1. The fourth-order valence-corrected chi connectivity index (χ4v) is 6.46. The van der Waals surface area contributed by atoms with Crippen LogP contribution in [-0.4, -0.2) is 17.1 Å². The highest BCUT2D eigenvalue weighted by Gasteiger charge is 2.16. The molecule has 0 saturated carbocycles. The molecule has 0 radical (unpaired) electrons. The summed E-state index contributed by atoms with van der Waals surface area (Å²) in [7, 11) is 0. The Kier molecular flexibility index (Phi) is 5.79. The topological polar surface area (TPSA) is 91.9 Å². The molecule has 6 rings (SSSR count). The highest BCUT2D eigenvalue weighted by Crippen LogP contribution is 2.38. The van der Waals surface area contributed by atoms with Crippen molar-refractivity contribution >= 4 is 66.5 Å². The molecule has 4 aromatic carbocycles. The Morgan fingerprint density at radius 1 is 0.946 bits per heavy atom. The van der Waals surface area contributed by atoms with Gasteiger partial charge in [-0.1, -0.05) is 24.3 Å². The molecule has 5 nitrogen and oxygen atoms in total. The zero-order chi connectivity index (χ0) is 25.5. The zero-order valence-electron chi connectivity index (χ0n) is 19.9. The molecule has 6 aromatic rings. The molecule has 37 heavy (non-hydrogen) atoms. The summed E-state index contributed by atoms with van der Waals surface area (Å²) in [5.41, 5.74) is 12.5. The van der Waals surface area contributed by atoms with Gasteiger partial charge in [-0.25, -0.2) is 4.98 Å². The number of amides is 1. The minimum Gasteiger partial charge on any atom is -0.398 e. The van der Waals surface area contributed by atoms with E-state index in [0.29, 0.717) is 22.5 Å². The van der Waals surface area contributed by atoms with Crippen molar-refractivity contribution < 1.29 is 4.79 Å². The molecule has 1 amide bonds. The van der Waals surface area contributed by atoms with Gasteiger partial charge in [0.15, 0.2) is 0 Å². The number of thiazole rings is 1. The van der Waals surface area contributed by atoms with E-state index in [1.807, 2.05) is 42.5 Å². The van der Waals surface area contributed by atoms with Gasteiger partial charge in [0, 0.05) is 49.4 Å². The summed E-state index contributed by atoms with van der Waals surface area (Å²) in [4.78, 5) is 18.9.